The molecule has 1 aromatic carbocycles. The number of benzene rings is 1. The molecule has 0 saturated carbocycles. The van der Waals surface area contributed by atoms with Gasteiger partial charge in [0.1, 0.15) is 5.82 Å². The number of likely N-dealkylation sites (N-methyl/N-ethyl adjacent to an activating group) is 2. The van der Waals surface area contributed by atoms with E-state index in [2.05, 4.69) is 15.3 Å². The van der Waals surface area contributed by atoms with Crippen molar-refractivity contribution >= 4 is 23.0 Å². The number of hydrogen-bond acceptors (Lipinski definition) is 3. The first-order chi connectivity index (χ1) is 12.0. The van der Waals surface area contributed by atoms with Gasteiger partial charge in [-0.2, -0.15) is 0 Å². The van der Waals surface area contributed by atoms with Crippen molar-refractivity contribution in [2.45, 2.75) is 32.7 Å². The van der Waals surface area contributed by atoms with Crippen LogP contribution < -0.4 is 5.32 Å². The number of aromatic amines is 1. The number of aromatic nitrogens is 2. The quantitative estimate of drug-likeness (QED) is 0.866. The summed E-state index contributed by atoms with van der Waals surface area (Å²) >= 11 is 0. The van der Waals surface area contributed by atoms with E-state index in [1.807, 2.05) is 32.0 Å². The molecule has 0 bridgehead atoms. The summed E-state index contributed by atoms with van der Waals surface area (Å²) in [5.74, 6) is 0.977. The number of para-hydroxylation sites is 1. The molecule has 0 radical (unpaired) electrons. The minimum Gasteiger partial charge on any atom is -0.342 e. The zero-order valence-corrected chi connectivity index (χ0v) is 15.0. The molecular weight excluding hydrogens is 318 g/mol. The number of imidazole rings is 1. The number of hydrogen-bond donors (Lipinski definition) is 2. The fraction of sp³-hybridized carbons (Fsp3) is 0.500. The lowest BCUT2D eigenvalue weighted by molar-refractivity contribution is -0.127. The van der Waals surface area contributed by atoms with Crippen LogP contribution in [0.4, 0.5) is 4.79 Å². The number of carbonyl (C=O) groups excluding carboxylic acids is 2. The van der Waals surface area contributed by atoms with Crippen LogP contribution in [0, 0.1) is 6.92 Å². The second-order valence-electron chi connectivity index (χ2n) is 6.61. The molecular formula is C18H25N5O2. The van der Waals surface area contributed by atoms with Crippen LogP contribution in [-0.2, 0) is 11.2 Å². The van der Waals surface area contributed by atoms with Crippen LogP contribution >= 0.6 is 0 Å². The standard InChI is InChI=1S/C18H25N5O2/c1-4-23-11-13(10-16(23)24)19-18(25)22(3)9-8-15-20-14-7-5-6-12(2)17(14)21-15/h5-7,13H,4,8-11H2,1-3H3,(H,19,25)(H,20,21)/t13-/m0/s1. The summed E-state index contributed by atoms with van der Waals surface area (Å²) in [5, 5.41) is 2.94. The Kier molecular flexibility index (Phi) is 4.92. The van der Waals surface area contributed by atoms with Gasteiger partial charge in [-0.25, -0.2) is 9.78 Å². The Morgan fingerprint density at radius 1 is 1.48 bits per heavy atom. The van der Waals surface area contributed by atoms with Gasteiger partial charge in [0.05, 0.1) is 17.1 Å². The zero-order chi connectivity index (χ0) is 18.0. The summed E-state index contributed by atoms with van der Waals surface area (Å²) in [5.41, 5.74) is 3.14. The van der Waals surface area contributed by atoms with E-state index in [0.29, 0.717) is 32.5 Å². The predicted octanol–water partition coefficient (Wildman–Crippen LogP) is 1.68. The van der Waals surface area contributed by atoms with E-state index in [4.69, 9.17) is 0 Å². The van der Waals surface area contributed by atoms with Gasteiger partial charge in [-0.05, 0) is 25.5 Å². The first-order valence-corrected chi connectivity index (χ1v) is 8.71. The average Bonchev–Trinajstić information content (AvgIpc) is 3.16. The normalized spacial score (nSPS) is 17.3. The van der Waals surface area contributed by atoms with Gasteiger partial charge in [-0.1, -0.05) is 12.1 Å². The molecule has 2 heterocycles. The molecule has 1 saturated heterocycles. The third-order valence-corrected chi connectivity index (χ3v) is 4.72. The van der Waals surface area contributed by atoms with Gasteiger partial charge in [-0.15, -0.1) is 0 Å². The van der Waals surface area contributed by atoms with Crippen molar-refractivity contribution in [1.29, 1.82) is 0 Å². The fourth-order valence-electron chi connectivity index (χ4n) is 3.18. The van der Waals surface area contributed by atoms with Crippen LogP contribution in [0.3, 0.4) is 0 Å². The summed E-state index contributed by atoms with van der Waals surface area (Å²) < 4.78 is 0. The SMILES string of the molecule is CCN1C[C@@H](NC(=O)N(C)CCc2nc3c(C)cccc3[nH]2)CC1=O. The number of likely N-dealkylation sites (tertiary alicyclic amines) is 1. The van der Waals surface area contributed by atoms with E-state index in [-0.39, 0.29) is 18.0 Å². The molecule has 7 heteroatoms. The number of nitrogens with one attached hydrogen (secondary N) is 2. The molecule has 1 aliphatic rings. The molecule has 7 nitrogen and oxygen atoms in total. The minimum atomic E-state index is -0.150. The minimum absolute atomic E-state index is 0.101. The van der Waals surface area contributed by atoms with Crippen molar-refractivity contribution in [2.24, 2.45) is 0 Å². The number of rotatable bonds is 5. The molecule has 2 aromatic rings. The van der Waals surface area contributed by atoms with Gasteiger partial charge in [0, 0.05) is 39.5 Å². The van der Waals surface area contributed by atoms with Crippen LogP contribution in [0.2, 0.25) is 0 Å². The van der Waals surface area contributed by atoms with Crippen molar-refractivity contribution in [2.75, 3.05) is 26.7 Å². The Bertz CT molecular complexity index is 785. The third kappa shape index (κ3) is 3.75. The Morgan fingerprint density at radius 3 is 2.96 bits per heavy atom. The Hall–Kier alpha value is -2.57. The van der Waals surface area contributed by atoms with E-state index in [9.17, 15) is 9.59 Å². The van der Waals surface area contributed by atoms with Crippen LogP contribution in [-0.4, -0.2) is 64.4 Å². The molecule has 0 spiro atoms. The van der Waals surface area contributed by atoms with Gasteiger partial charge in [0.15, 0.2) is 0 Å². The highest BCUT2D eigenvalue weighted by Crippen LogP contribution is 2.16. The smallest absolute Gasteiger partial charge is 0.317 e. The van der Waals surface area contributed by atoms with E-state index in [1.165, 1.54) is 0 Å². The van der Waals surface area contributed by atoms with Crippen molar-refractivity contribution in [3.8, 4) is 0 Å². The van der Waals surface area contributed by atoms with Gasteiger partial charge in [0.25, 0.3) is 0 Å². The van der Waals surface area contributed by atoms with Gasteiger partial charge in [0.2, 0.25) is 5.91 Å². The van der Waals surface area contributed by atoms with E-state index < -0.39 is 0 Å². The zero-order valence-electron chi connectivity index (χ0n) is 15.0. The summed E-state index contributed by atoms with van der Waals surface area (Å²) in [7, 11) is 1.76. The highest BCUT2D eigenvalue weighted by atomic mass is 16.2. The predicted molar refractivity (Wildman–Crippen MR) is 96.4 cm³/mol. The van der Waals surface area contributed by atoms with Gasteiger partial charge in [-0.3, -0.25) is 4.79 Å². The number of urea groups is 1. The molecule has 0 aliphatic carbocycles. The molecule has 2 N–H and O–H groups in total. The number of amides is 3. The maximum absolute atomic E-state index is 12.3. The van der Waals surface area contributed by atoms with Gasteiger partial charge >= 0.3 is 6.03 Å². The second-order valence-corrected chi connectivity index (χ2v) is 6.61. The fourth-order valence-corrected chi connectivity index (χ4v) is 3.18. The topological polar surface area (TPSA) is 81.3 Å². The van der Waals surface area contributed by atoms with E-state index >= 15 is 0 Å². The average molecular weight is 343 g/mol. The van der Waals surface area contributed by atoms with Crippen molar-refractivity contribution in [3.05, 3.63) is 29.6 Å². The number of H-pyrrole nitrogens is 1. The summed E-state index contributed by atoms with van der Waals surface area (Å²) in [6.45, 7) is 5.82. The van der Waals surface area contributed by atoms with Crippen molar-refractivity contribution in [3.63, 3.8) is 0 Å². The maximum Gasteiger partial charge on any atom is 0.317 e. The lowest BCUT2D eigenvalue weighted by atomic mass is 10.2. The molecule has 1 aliphatic heterocycles. The number of nitrogens with zero attached hydrogens (tertiary/aromatic N) is 3. The molecule has 25 heavy (non-hydrogen) atoms. The first kappa shape index (κ1) is 17.3. The first-order valence-electron chi connectivity index (χ1n) is 8.71. The highest BCUT2D eigenvalue weighted by Gasteiger charge is 2.29. The Balaban J connectivity index is 1.53. The molecule has 1 fully saturated rings. The third-order valence-electron chi connectivity index (χ3n) is 4.72. The lowest BCUT2D eigenvalue weighted by Gasteiger charge is -2.20. The number of aryl methyl sites for hydroxylation is 1. The Labute approximate surface area is 147 Å². The second kappa shape index (κ2) is 7.13. The molecule has 1 atom stereocenters. The molecule has 3 rings (SSSR count). The van der Waals surface area contributed by atoms with Crippen molar-refractivity contribution in [1.82, 2.24) is 25.1 Å². The summed E-state index contributed by atoms with van der Waals surface area (Å²) in [6, 6.07) is 5.79. The molecule has 0 unspecified atom stereocenters. The Morgan fingerprint density at radius 2 is 2.28 bits per heavy atom. The molecule has 1 aromatic heterocycles. The van der Waals surface area contributed by atoms with Crippen LogP contribution in [0.1, 0.15) is 24.7 Å². The van der Waals surface area contributed by atoms with Crippen molar-refractivity contribution < 1.29 is 9.59 Å². The number of fused-ring (bicyclic) bond motifs is 1. The van der Waals surface area contributed by atoms with Gasteiger partial charge < -0.3 is 20.1 Å². The monoisotopic (exact) mass is 343 g/mol. The maximum atomic E-state index is 12.3. The number of carbonyl (C=O) groups is 2. The molecule has 134 valence electrons. The summed E-state index contributed by atoms with van der Waals surface area (Å²) in [4.78, 5) is 35.4. The van der Waals surface area contributed by atoms with Crippen LogP contribution in [0.15, 0.2) is 18.2 Å². The molecule has 3 amide bonds. The van der Waals surface area contributed by atoms with E-state index in [0.717, 1.165) is 22.4 Å². The lowest BCUT2D eigenvalue weighted by Crippen LogP contribution is -2.44. The van der Waals surface area contributed by atoms with E-state index in [1.54, 1.807) is 16.8 Å². The highest BCUT2D eigenvalue weighted by molar-refractivity contribution is 5.81. The summed E-state index contributed by atoms with van der Waals surface area (Å²) in [6.07, 6.45) is 1.04. The van der Waals surface area contributed by atoms with Crippen LogP contribution in [0.25, 0.3) is 11.0 Å². The van der Waals surface area contributed by atoms with Crippen LogP contribution in [0.5, 0.6) is 0 Å². The largest absolute Gasteiger partial charge is 0.342 e.